The average Bonchev–Trinajstić information content (AvgIpc) is 2.88. The second kappa shape index (κ2) is 5.70. The van der Waals surface area contributed by atoms with Gasteiger partial charge in [-0.1, -0.05) is 0 Å². The number of alkyl halides is 3. The lowest BCUT2D eigenvalue weighted by molar-refractivity contribution is -0.138. The van der Waals surface area contributed by atoms with Crippen LogP contribution in [0.25, 0.3) is 0 Å². The molecular formula is C13H15F3N2O2. The topological polar surface area (TPSA) is 64.4 Å². The number of benzene rings is 1. The van der Waals surface area contributed by atoms with E-state index in [-0.39, 0.29) is 5.75 Å². The zero-order chi connectivity index (χ0) is 14.8. The molecule has 7 heteroatoms. The van der Waals surface area contributed by atoms with Gasteiger partial charge in [-0.25, -0.2) is 0 Å². The molecule has 1 unspecified atom stereocenters. The lowest BCUT2D eigenvalue weighted by atomic mass is 10.1. The van der Waals surface area contributed by atoms with E-state index in [9.17, 15) is 18.0 Å². The molecule has 4 nitrogen and oxygen atoms in total. The summed E-state index contributed by atoms with van der Waals surface area (Å²) in [6.45, 7) is 2.04. The zero-order valence-corrected chi connectivity index (χ0v) is 10.7. The summed E-state index contributed by atoms with van der Waals surface area (Å²) < 4.78 is 43.9. The number of nitrogens with two attached hydrogens (primary N) is 1. The molecule has 0 radical (unpaired) electrons. The first-order valence-corrected chi connectivity index (χ1v) is 6.22. The van der Waals surface area contributed by atoms with Gasteiger partial charge in [-0.2, -0.15) is 13.2 Å². The molecule has 0 bridgehead atoms. The summed E-state index contributed by atoms with van der Waals surface area (Å²) in [5.41, 5.74) is 3.34. The van der Waals surface area contributed by atoms with E-state index in [0.717, 1.165) is 31.6 Å². The van der Waals surface area contributed by atoms with Crippen molar-refractivity contribution in [2.24, 2.45) is 11.7 Å². The molecule has 0 aromatic heterocycles. The van der Waals surface area contributed by atoms with Crippen molar-refractivity contribution in [2.75, 3.05) is 19.7 Å². The molecule has 1 heterocycles. The van der Waals surface area contributed by atoms with Gasteiger partial charge in [0, 0.05) is 12.5 Å². The number of carbonyl (C=O) groups is 1. The molecule has 0 saturated carbocycles. The SMILES string of the molecule is NC(=O)c1ccc(OCC2CCNC2)cc1C(F)(F)F. The minimum atomic E-state index is -4.64. The third kappa shape index (κ3) is 3.41. The van der Waals surface area contributed by atoms with Crippen molar-refractivity contribution in [3.05, 3.63) is 29.3 Å². The summed E-state index contributed by atoms with van der Waals surface area (Å²) in [7, 11) is 0. The van der Waals surface area contributed by atoms with Gasteiger partial charge in [0.2, 0.25) is 5.91 Å². The minimum absolute atomic E-state index is 0.0919. The third-order valence-electron chi connectivity index (χ3n) is 3.21. The van der Waals surface area contributed by atoms with Crippen LogP contribution in [-0.4, -0.2) is 25.6 Å². The Balaban J connectivity index is 2.16. The van der Waals surface area contributed by atoms with E-state index in [1.165, 1.54) is 6.07 Å². The molecular weight excluding hydrogens is 273 g/mol. The van der Waals surface area contributed by atoms with Crippen LogP contribution in [0.5, 0.6) is 5.75 Å². The van der Waals surface area contributed by atoms with Crippen LogP contribution in [0.15, 0.2) is 18.2 Å². The second-order valence-electron chi connectivity index (χ2n) is 4.74. The smallest absolute Gasteiger partial charge is 0.417 e. The van der Waals surface area contributed by atoms with Crippen LogP contribution in [0, 0.1) is 5.92 Å². The molecule has 1 atom stereocenters. The van der Waals surface area contributed by atoms with Crippen molar-refractivity contribution in [1.82, 2.24) is 5.32 Å². The van der Waals surface area contributed by atoms with Gasteiger partial charge in [0.1, 0.15) is 5.75 Å². The monoisotopic (exact) mass is 288 g/mol. The lowest BCUT2D eigenvalue weighted by Crippen LogP contribution is -2.19. The van der Waals surface area contributed by atoms with Crippen LogP contribution in [0.4, 0.5) is 13.2 Å². The maximum absolute atomic E-state index is 12.9. The fourth-order valence-electron chi connectivity index (χ4n) is 2.13. The highest BCUT2D eigenvalue weighted by Gasteiger charge is 2.35. The summed E-state index contributed by atoms with van der Waals surface area (Å²) in [6.07, 6.45) is -3.70. The number of halogens is 3. The van der Waals surface area contributed by atoms with Crippen LogP contribution < -0.4 is 15.8 Å². The zero-order valence-electron chi connectivity index (χ0n) is 10.7. The number of amides is 1. The molecule has 1 amide bonds. The Kier molecular flexibility index (Phi) is 4.17. The largest absolute Gasteiger partial charge is 0.493 e. The molecule has 1 saturated heterocycles. The number of nitrogens with one attached hydrogen (secondary N) is 1. The fraction of sp³-hybridized carbons (Fsp3) is 0.462. The van der Waals surface area contributed by atoms with E-state index in [0.29, 0.717) is 12.5 Å². The molecule has 0 aliphatic carbocycles. The van der Waals surface area contributed by atoms with Crippen molar-refractivity contribution in [3.63, 3.8) is 0 Å². The van der Waals surface area contributed by atoms with Crippen molar-refractivity contribution in [2.45, 2.75) is 12.6 Å². The molecule has 20 heavy (non-hydrogen) atoms. The predicted octanol–water partition coefficient (Wildman–Crippen LogP) is 1.79. The summed E-state index contributed by atoms with van der Waals surface area (Å²) in [4.78, 5) is 11.0. The minimum Gasteiger partial charge on any atom is -0.493 e. The maximum Gasteiger partial charge on any atom is 0.417 e. The van der Waals surface area contributed by atoms with Gasteiger partial charge in [0.05, 0.1) is 17.7 Å². The predicted molar refractivity (Wildman–Crippen MR) is 66.4 cm³/mol. The van der Waals surface area contributed by atoms with Crippen molar-refractivity contribution in [1.29, 1.82) is 0 Å². The molecule has 3 N–H and O–H groups in total. The highest BCUT2D eigenvalue weighted by Crippen LogP contribution is 2.34. The summed E-state index contributed by atoms with van der Waals surface area (Å²) >= 11 is 0. The Morgan fingerprint density at radius 1 is 1.45 bits per heavy atom. The van der Waals surface area contributed by atoms with Crippen LogP contribution >= 0.6 is 0 Å². The Hall–Kier alpha value is -1.76. The third-order valence-corrected chi connectivity index (χ3v) is 3.21. The molecule has 0 spiro atoms. The molecule has 110 valence electrons. The maximum atomic E-state index is 12.9. The molecule has 1 aliphatic rings. The first-order chi connectivity index (χ1) is 9.38. The normalized spacial score (nSPS) is 19.1. The molecule has 1 aromatic rings. The summed E-state index contributed by atoms with van der Waals surface area (Å²) in [6, 6.07) is 3.20. The number of rotatable bonds is 4. The lowest BCUT2D eigenvalue weighted by Gasteiger charge is -2.15. The van der Waals surface area contributed by atoms with Gasteiger partial charge in [0.15, 0.2) is 0 Å². The van der Waals surface area contributed by atoms with Gasteiger partial charge >= 0.3 is 6.18 Å². The van der Waals surface area contributed by atoms with Gasteiger partial charge in [-0.3, -0.25) is 4.79 Å². The Bertz CT molecular complexity index is 497. The van der Waals surface area contributed by atoms with E-state index in [4.69, 9.17) is 10.5 Å². The van der Waals surface area contributed by atoms with Crippen LogP contribution in [0.1, 0.15) is 22.3 Å². The van der Waals surface area contributed by atoms with Crippen LogP contribution in [0.2, 0.25) is 0 Å². The molecule has 1 aromatic carbocycles. The van der Waals surface area contributed by atoms with E-state index in [2.05, 4.69) is 5.32 Å². The van der Waals surface area contributed by atoms with Crippen LogP contribution in [0.3, 0.4) is 0 Å². The van der Waals surface area contributed by atoms with Gasteiger partial charge in [0.25, 0.3) is 0 Å². The quantitative estimate of drug-likeness (QED) is 0.888. The fourth-order valence-corrected chi connectivity index (χ4v) is 2.13. The number of hydrogen-bond donors (Lipinski definition) is 2. The van der Waals surface area contributed by atoms with Gasteiger partial charge in [-0.15, -0.1) is 0 Å². The van der Waals surface area contributed by atoms with Crippen molar-refractivity contribution >= 4 is 5.91 Å². The molecule has 1 aliphatic heterocycles. The molecule has 1 fully saturated rings. The van der Waals surface area contributed by atoms with Gasteiger partial charge < -0.3 is 15.8 Å². The Labute approximate surface area is 114 Å². The Morgan fingerprint density at radius 3 is 2.75 bits per heavy atom. The second-order valence-corrected chi connectivity index (χ2v) is 4.74. The van der Waals surface area contributed by atoms with Crippen molar-refractivity contribution in [3.8, 4) is 5.75 Å². The number of primary amides is 1. The van der Waals surface area contributed by atoms with Crippen molar-refractivity contribution < 1.29 is 22.7 Å². The standard InChI is InChI=1S/C13H15F3N2O2/c14-13(15,16)11-5-9(1-2-10(11)12(17)19)20-7-8-3-4-18-6-8/h1-2,5,8,18H,3-4,6-7H2,(H2,17,19). The summed E-state index contributed by atoms with van der Waals surface area (Å²) in [5.74, 6) is -0.724. The number of hydrogen-bond acceptors (Lipinski definition) is 3. The highest BCUT2D eigenvalue weighted by molar-refractivity contribution is 5.94. The first-order valence-electron chi connectivity index (χ1n) is 6.22. The number of carbonyl (C=O) groups excluding carboxylic acids is 1. The van der Waals surface area contributed by atoms with E-state index in [1.807, 2.05) is 0 Å². The highest BCUT2D eigenvalue weighted by atomic mass is 19.4. The van der Waals surface area contributed by atoms with Gasteiger partial charge in [-0.05, 0) is 31.2 Å². The van der Waals surface area contributed by atoms with Crippen LogP contribution in [-0.2, 0) is 6.18 Å². The van der Waals surface area contributed by atoms with E-state index in [1.54, 1.807) is 0 Å². The molecule has 2 rings (SSSR count). The first kappa shape index (κ1) is 14.6. The van der Waals surface area contributed by atoms with E-state index >= 15 is 0 Å². The number of ether oxygens (including phenoxy) is 1. The summed E-state index contributed by atoms with van der Waals surface area (Å²) in [5, 5.41) is 3.15. The average molecular weight is 288 g/mol. The Morgan fingerprint density at radius 2 is 2.20 bits per heavy atom. The van der Waals surface area contributed by atoms with E-state index < -0.39 is 23.2 Å².